The van der Waals surface area contributed by atoms with Gasteiger partial charge in [0.1, 0.15) is 19.0 Å². The van der Waals surface area contributed by atoms with Gasteiger partial charge in [-0.05, 0) is 88.0 Å². The van der Waals surface area contributed by atoms with Crippen LogP contribution in [0.1, 0.15) is 38.8 Å². The number of ether oxygens (including phenoxy) is 3. The van der Waals surface area contributed by atoms with E-state index in [9.17, 15) is 0 Å². The predicted octanol–water partition coefficient (Wildman–Crippen LogP) is 6.92. The van der Waals surface area contributed by atoms with E-state index >= 15 is 0 Å². The number of halogens is 1. The van der Waals surface area contributed by atoms with Crippen LogP contribution in [-0.4, -0.2) is 31.1 Å². The highest BCUT2D eigenvalue weighted by molar-refractivity contribution is 9.10. The molecule has 8 heteroatoms. The number of benzene rings is 3. The first-order valence-corrected chi connectivity index (χ1v) is 12.9. The van der Waals surface area contributed by atoms with Crippen molar-refractivity contribution < 1.29 is 14.2 Å². The zero-order valence-corrected chi connectivity index (χ0v) is 23.4. The molecule has 0 unspecified atom stereocenters. The number of para-hydroxylation sites is 1. The van der Waals surface area contributed by atoms with Gasteiger partial charge in [0.2, 0.25) is 0 Å². The van der Waals surface area contributed by atoms with Crippen LogP contribution in [0, 0.1) is 0 Å². The molecule has 36 heavy (non-hydrogen) atoms. The summed E-state index contributed by atoms with van der Waals surface area (Å²) in [4.78, 5) is 0. The van der Waals surface area contributed by atoms with Gasteiger partial charge in [-0.3, -0.25) is 5.43 Å². The molecule has 6 nitrogen and oxygen atoms in total. The Bertz CT molecular complexity index is 1160. The molecule has 0 saturated carbocycles. The van der Waals surface area contributed by atoms with Gasteiger partial charge in [-0.15, -0.1) is 0 Å². The summed E-state index contributed by atoms with van der Waals surface area (Å²) in [6.07, 6.45) is 1.67. The van der Waals surface area contributed by atoms with Gasteiger partial charge in [0, 0.05) is 5.69 Å². The van der Waals surface area contributed by atoms with E-state index in [1.807, 2.05) is 61.5 Å². The van der Waals surface area contributed by atoms with Gasteiger partial charge in [-0.25, -0.2) is 0 Å². The van der Waals surface area contributed by atoms with E-state index in [0.717, 1.165) is 21.5 Å². The molecule has 0 bridgehead atoms. The van der Waals surface area contributed by atoms with Crippen molar-refractivity contribution in [3.8, 4) is 17.2 Å². The van der Waals surface area contributed by atoms with E-state index in [1.54, 1.807) is 6.21 Å². The molecule has 2 N–H and O–H groups in total. The van der Waals surface area contributed by atoms with Gasteiger partial charge in [0.15, 0.2) is 16.6 Å². The van der Waals surface area contributed by atoms with E-state index < -0.39 is 0 Å². The Hall–Kier alpha value is -3.10. The Labute approximate surface area is 227 Å². The Morgan fingerprint density at radius 1 is 0.972 bits per heavy atom. The first-order valence-electron chi connectivity index (χ1n) is 11.7. The molecular formula is C28H32BrN3O3S. The quantitative estimate of drug-likeness (QED) is 0.119. The van der Waals surface area contributed by atoms with Crippen LogP contribution in [-0.2, 0) is 5.41 Å². The van der Waals surface area contributed by atoms with Crippen molar-refractivity contribution in [3.05, 3.63) is 82.3 Å². The molecule has 0 aliphatic heterocycles. The molecule has 3 rings (SSSR count). The maximum atomic E-state index is 6.00. The Kier molecular flexibility index (Phi) is 10.1. The number of nitrogens with one attached hydrogen (secondary N) is 2. The smallest absolute Gasteiger partial charge is 0.191 e. The maximum Gasteiger partial charge on any atom is 0.191 e. The van der Waals surface area contributed by atoms with Crippen molar-refractivity contribution in [2.75, 3.05) is 25.1 Å². The summed E-state index contributed by atoms with van der Waals surface area (Å²) in [5.41, 5.74) is 5.91. The molecule has 0 saturated heterocycles. The molecule has 190 valence electrons. The monoisotopic (exact) mass is 569 g/mol. The molecule has 0 radical (unpaired) electrons. The lowest BCUT2D eigenvalue weighted by atomic mass is 9.87. The van der Waals surface area contributed by atoms with Crippen molar-refractivity contribution in [1.82, 2.24) is 5.43 Å². The third-order valence-electron chi connectivity index (χ3n) is 5.06. The fourth-order valence-electron chi connectivity index (χ4n) is 3.27. The molecule has 0 heterocycles. The topological polar surface area (TPSA) is 64.1 Å². The van der Waals surface area contributed by atoms with Crippen LogP contribution in [0.3, 0.4) is 0 Å². The van der Waals surface area contributed by atoms with Gasteiger partial charge in [0.25, 0.3) is 0 Å². The summed E-state index contributed by atoms with van der Waals surface area (Å²) >= 11 is 8.87. The van der Waals surface area contributed by atoms with E-state index in [1.165, 1.54) is 5.56 Å². The largest absolute Gasteiger partial charge is 0.490 e. The van der Waals surface area contributed by atoms with Crippen LogP contribution < -0.4 is 25.0 Å². The highest BCUT2D eigenvalue weighted by atomic mass is 79.9. The standard InChI is InChI=1S/C28H32BrN3O3S/c1-5-33-25-18-20(19-30-32-27(36)31-22-9-7-6-8-10-22)17-24(29)26(25)35-16-15-34-23-13-11-21(12-14-23)28(2,3)4/h6-14,17-19H,5,15-16H2,1-4H3,(H2,31,32,36)/b30-19-. The molecule has 0 amide bonds. The normalized spacial score (nSPS) is 11.2. The number of rotatable bonds is 10. The molecule has 0 aliphatic rings. The van der Waals surface area contributed by atoms with Gasteiger partial charge in [-0.2, -0.15) is 5.10 Å². The number of hydrogen-bond acceptors (Lipinski definition) is 5. The van der Waals surface area contributed by atoms with Gasteiger partial charge >= 0.3 is 0 Å². The van der Waals surface area contributed by atoms with Crippen molar-refractivity contribution in [3.63, 3.8) is 0 Å². The SMILES string of the molecule is CCOc1cc(/C=N\NC(=S)Nc2ccccc2)cc(Br)c1OCCOc1ccc(C(C)(C)C)cc1. The average molecular weight is 571 g/mol. The number of hydrazone groups is 1. The first-order chi connectivity index (χ1) is 17.3. The number of thiocarbonyl (C=S) groups is 1. The lowest BCUT2D eigenvalue weighted by Gasteiger charge is -2.19. The number of nitrogens with zero attached hydrogens (tertiary/aromatic N) is 1. The highest BCUT2D eigenvalue weighted by Gasteiger charge is 2.14. The molecule has 0 aliphatic carbocycles. The second kappa shape index (κ2) is 13.3. The maximum absolute atomic E-state index is 6.00. The molecule has 0 aromatic heterocycles. The van der Waals surface area contributed by atoms with Crippen LogP contribution in [0.25, 0.3) is 0 Å². The second-order valence-corrected chi connectivity index (χ2v) is 10.2. The van der Waals surface area contributed by atoms with Crippen molar-refractivity contribution in [2.45, 2.75) is 33.1 Å². The molecule has 3 aromatic carbocycles. The third-order valence-corrected chi connectivity index (χ3v) is 5.84. The molecule has 3 aromatic rings. The Morgan fingerprint density at radius 2 is 1.67 bits per heavy atom. The predicted molar refractivity (Wildman–Crippen MR) is 155 cm³/mol. The summed E-state index contributed by atoms with van der Waals surface area (Å²) in [5.74, 6) is 2.05. The van der Waals surface area contributed by atoms with Crippen LogP contribution >= 0.6 is 28.1 Å². The first kappa shape index (κ1) is 27.5. The summed E-state index contributed by atoms with van der Waals surface area (Å²) in [7, 11) is 0. The fraction of sp³-hybridized carbons (Fsp3) is 0.286. The van der Waals surface area contributed by atoms with E-state index in [-0.39, 0.29) is 5.41 Å². The Morgan fingerprint density at radius 3 is 2.33 bits per heavy atom. The van der Waals surface area contributed by atoms with E-state index in [4.69, 9.17) is 26.4 Å². The van der Waals surface area contributed by atoms with Gasteiger partial charge in [0.05, 0.1) is 17.3 Å². The highest BCUT2D eigenvalue weighted by Crippen LogP contribution is 2.36. The van der Waals surface area contributed by atoms with E-state index in [2.05, 4.69) is 64.7 Å². The minimum atomic E-state index is 0.113. The lowest BCUT2D eigenvalue weighted by Crippen LogP contribution is -2.23. The van der Waals surface area contributed by atoms with Gasteiger partial charge < -0.3 is 19.5 Å². The van der Waals surface area contributed by atoms with Crippen molar-refractivity contribution in [1.29, 1.82) is 0 Å². The van der Waals surface area contributed by atoms with Crippen molar-refractivity contribution in [2.24, 2.45) is 5.10 Å². The third kappa shape index (κ3) is 8.53. The summed E-state index contributed by atoms with van der Waals surface area (Å²) < 4.78 is 18.4. The minimum Gasteiger partial charge on any atom is -0.490 e. The average Bonchev–Trinajstić information content (AvgIpc) is 2.83. The molecule has 0 fully saturated rings. The molecular weight excluding hydrogens is 538 g/mol. The van der Waals surface area contributed by atoms with Crippen molar-refractivity contribution >= 4 is 45.2 Å². The fourth-order valence-corrected chi connectivity index (χ4v) is 4.01. The van der Waals surface area contributed by atoms with Crippen LogP contribution in [0.2, 0.25) is 0 Å². The number of hydrogen-bond donors (Lipinski definition) is 2. The summed E-state index contributed by atoms with van der Waals surface area (Å²) in [6, 6.07) is 21.6. The van der Waals surface area contributed by atoms with Crippen LogP contribution in [0.4, 0.5) is 5.69 Å². The number of anilines is 1. The Balaban J connectivity index is 1.55. The van der Waals surface area contributed by atoms with E-state index in [0.29, 0.717) is 36.4 Å². The molecule has 0 atom stereocenters. The van der Waals surface area contributed by atoms with Crippen LogP contribution in [0.15, 0.2) is 76.3 Å². The minimum absolute atomic E-state index is 0.113. The second-order valence-electron chi connectivity index (χ2n) is 8.92. The zero-order chi connectivity index (χ0) is 26.0. The lowest BCUT2D eigenvalue weighted by molar-refractivity contribution is 0.207. The molecule has 0 spiro atoms. The zero-order valence-electron chi connectivity index (χ0n) is 21.0. The van der Waals surface area contributed by atoms with Gasteiger partial charge in [-0.1, -0.05) is 51.1 Å². The van der Waals surface area contributed by atoms with Crippen LogP contribution in [0.5, 0.6) is 17.2 Å². The summed E-state index contributed by atoms with van der Waals surface area (Å²) in [5, 5.41) is 7.69. The summed E-state index contributed by atoms with van der Waals surface area (Å²) in [6.45, 7) is 9.78.